The molecular weight excluding hydrogens is 168 g/mol. The van der Waals surface area contributed by atoms with Gasteiger partial charge in [-0.3, -0.25) is 9.59 Å². The molecule has 0 aromatic rings. The van der Waals surface area contributed by atoms with Crippen LogP contribution in [-0.2, 0) is 14.3 Å². The van der Waals surface area contributed by atoms with Crippen LogP contribution in [0.15, 0.2) is 0 Å². The Morgan fingerprint density at radius 3 is 2.23 bits per heavy atom. The molecule has 3 heteroatoms. The third kappa shape index (κ3) is 1.60. The zero-order valence-electron chi connectivity index (χ0n) is 8.64. The Morgan fingerprint density at radius 2 is 1.92 bits per heavy atom. The van der Waals surface area contributed by atoms with Gasteiger partial charge in [0.1, 0.15) is 5.78 Å². The zero-order chi connectivity index (χ0) is 10.3. The number of hydrogen-bond acceptors (Lipinski definition) is 3. The molecule has 1 aliphatic carbocycles. The van der Waals surface area contributed by atoms with E-state index in [-0.39, 0.29) is 17.2 Å². The van der Waals surface area contributed by atoms with Crippen LogP contribution in [0.1, 0.15) is 33.6 Å². The van der Waals surface area contributed by atoms with Crippen LogP contribution in [0.2, 0.25) is 0 Å². The summed E-state index contributed by atoms with van der Waals surface area (Å²) in [6, 6.07) is 0. The van der Waals surface area contributed by atoms with E-state index in [0.717, 1.165) is 0 Å². The van der Waals surface area contributed by atoms with Gasteiger partial charge in [-0.2, -0.15) is 0 Å². The highest BCUT2D eigenvalue weighted by Crippen LogP contribution is 2.46. The predicted octanol–water partition coefficient (Wildman–Crippen LogP) is 1.55. The summed E-state index contributed by atoms with van der Waals surface area (Å²) in [6.45, 7) is 5.55. The lowest BCUT2D eigenvalue weighted by Crippen LogP contribution is -2.27. The molecule has 0 bridgehead atoms. The van der Waals surface area contributed by atoms with E-state index in [1.165, 1.54) is 7.11 Å². The Balaban J connectivity index is 2.88. The molecule has 74 valence electrons. The van der Waals surface area contributed by atoms with Gasteiger partial charge in [0.15, 0.2) is 0 Å². The fourth-order valence-electron chi connectivity index (χ4n) is 2.12. The number of Topliss-reactive ketones (excluding diaryl/α,β-unsaturated/α-hetero) is 1. The van der Waals surface area contributed by atoms with Crippen LogP contribution >= 0.6 is 0 Å². The summed E-state index contributed by atoms with van der Waals surface area (Å²) in [5.41, 5.74) is -0.974. The van der Waals surface area contributed by atoms with Crippen molar-refractivity contribution in [2.24, 2.45) is 10.8 Å². The lowest BCUT2D eigenvalue weighted by Gasteiger charge is -2.21. The molecule has 0 heterocycles. The first-order valence-electron chi connectivity index (χ1n) is 4.43. The van der Waals surface area contributed by atoms with Gasteiger partial charge in [-0.1, -0.05) is 13.8 Å². The van der Waals surface area contributed by atoms with E-state index < -0.39 is 5.41 Å². The first-order valence-corrected chi connectivity index (χ1v) is 4.43. The first kappa shape index (κ1) is 10.2. The maximum atomic E-state index is 11.5. The average Bonchev–Trinajstić information content (AvgIpc) is 2.21. The smallest absolute Gasteiger partial charge is 0.311 e. The van der Waals surface area contributed by atoms with Gasteiger partial charge >= 0.3 is 5.97 Å². The molecule has 13 heavy (non-hydrogen) atoms. The van der Waals surface area contributed by atoms with Crippen molar-refractivity contribution >= 4 is 11.8 Å². The van der Waals surface area contributed by atoms with Crippen LogP contribution in [-0.4, -0.2) is 18.9 Å². The van der Waals surface area contributed by atoms with Crippen molar-refractivity contribution < 1.29 is 14.3 Å². The number of carbonyl (C=O) groups is 2. The van der Waals surface area contributed by atoms with Crippen LogP contribution < -0.4 is 0 Å². The lowest BCUT2D eigenvalue weighted by molar-refractivity contribution is -0.152. The molecule has 0 aromatic carbocycles. The molecule has 0 saturated heterocycles. The van der Waals surface area contributed by atoms with Crippen molar-refractivity contribution in [3.63, 3.8) is 0 Å². The first-order chi connectivity index (χ1) is 5.82. The quantitative estimate of drug-likeness (QED) is 0.581. The third-order valence-corrected chi connectivity index (χ3v) is 2.82. The second-order valence-electron chi connectivity index (χ2n) is 4.71. The van der Waals surface area contributed by atoms with Crippen LogP contribution in [0.3, 0.4) is 0 Å². The molecule has 1 saturated carbocycles. The molecule has 0 spiro atoms. The molecule has 0 aliphatic heterocycles. The highest BCUT2D eigenvalue weighted by atomic mass is 16.5. The Bertz CT molecular complexity index is 255. The Morgan fingerprint density at radius 1 is 1.38 bits per heavy atom. The fraction of sp³-hybridized carbons (Fsp3) is 0.800. The molecule has 3 nitrogen and oxygen atoms in total. The van der Waals surface area contributed by atoms with Crippen LogP contribution in [0, 0.1) is 10.8 Å². The third-order valence-electron chi connectivity index (χ3n) is 2.82. The van der Waals surface area contributed by atoms with Crippen LogP contribution in [0.5, 0.6) is 0 Å². The summed E-state index contributed by atoms with van der Waals surface area (Å²) in [7, 11) is 1.36. The highest BCUT2D eigenvalue weighted by Gasteiger charge is 2.51. The van der Waals surface area contributed by atoms with Gasteiger partial charge in [0.05, 0.1) is 12.5 Å². The maximum Gasteiger partial charge on any atom is 0.311 e. The van der Waals surface area contributed by atoms with Gasteiger partial charge in [-0.05, 0) is 13.3 Å². The SMILES string of the molecule is COC(=O)C1(C)CC(=O)C(C)(C)C1. The molecule has 0 N–H and O–H groups in total. The molecule has 1 atom stereocenters. The van der Waals surface area contributed by atoms with Gasteiger partial charge < -0.3 is 4.74 Å². The molecular formula is C10H16O3. The standard InChI is InChI=1S/C10H16O3/c1-9(2)6-10(3,5-7(9)11)8(12)13-4/h5-6H2,1-4H3. The Kier molecular flexibility index (Phi) is 2.22. The summed E-state index contributed by atoms with van der Waals surface area (Å²) >= 11 is 0. The zero-order valence-corrected chi connectivity index (χ0v) is 8.64. The van der Waals surface area contributed by atoms with Crippen molar-refractivity contribution in [3.05, 3.63) is 0 Å². The van der Waals surface area contributed by atoms with Crippen LogP contribution in [0.25, 0.3) is 0 Å². The van der Waals surface area contributed by atoms with E-state index in [9.17, 15) is 9.59 Å². The van der Waals surface area contributed by atoms with Crippen molar-refractivity contribution in [1.82, 2.24) is 0 Å². The summed E-state index contributed by atoms with van der Waals surface area (Å²) < 4.78 is 4.69. The monoisotopic (exact) mass is 184 g/mol. The minimum Gasteiger partial charge on any atom is -0.469 e. The number of carbonyl (C=O) groups excluding carboxylic acids is 2. The second-order valence-corrected chi connectivity index (χ2v) is 4.71. The van der Waals surface area contributed by atoms with E-state index in [1.54, 1.807) is 6.92 Å². The maximum absolute atomic E-state index is 11.5. The van der Waals surface area contributed by atoms with Gasteiger partial charge in [0, 0.05) is 11.8 Å². The molecule has 0 radical (unpaired) electrons. The van der Waals surface area contributed by atoms with Crippen molar-refractivity contribution in [1.29, 1.82) is 0 Å². The molecule has 0 aromatic heterocycles. The van der Waals surface area contributed by atoms with Gasteiger partial charge in [0.2, 0.25) is 0 Å². The summed E-state index contributed by atoms with van der Waals surface area (Å²) in [4.78, 5) is 22.9. The summed E-state index contributed by atoms with van der Waals surface area (Å²) in [6.07, 6.45) is 0.901. The summed E-state index contributed by atoms with van der Waals surface area (Å²) in [5, 5.41) is 0. The lowest BCUT2D eigenvalue weighted by atomic mass is 9.83. The van der Waals surface area contributed by atoms with Gasteiger partial charge in [-0.25, -0.2) is 0 Å². The van der Waals surface area contributed by atoms with Crippen molar-refractivity contribution in [2.45, 2.75) is 33.6 Å². The van der Waals surface area contributed by atoms with Crippen molar-refractivity contribution in [2.75, 3.05) is 7.11 Å². The topological polar surface area (TPSA) is 43.4 Å². The number of ketones is 1. The number of ether oxygens (including phenoxy) is 1. The Hall–Kier alpha value is -0.860. The van der Waals surface area contributed by atoms with E-state index >= 15 is 0 Å². The number of methoxy groups -OCH3 is 1. The second kappa shape index (κ2) is 2.82. The predicted molar refractivity (Wildman–Crippen MR) is 48.1 cm³/mol. The number of hydrogen-bond donors (Lipinski definition) is 0. The van der Waals surface area contributed by atoms with E-state index in [4.69, 9.17) is 0 Å². The van der Waals surface area contributed by atoms with E-state index in [1.807, 2.05) is 13.8 Å². The molecule has 1 fully saturated rings. The molecule has 1 aliphatic rings. The normalized spacial score (nSPS) is 31.8. The average molecular weight is 184 g/mol. The van der Waals surface area contributed by atoms with Crippen molar-refractivity contribution in [3.8, 4) is 0 Å². The Labute approximate surface area is 78.5 Å². The van der Waals surface area contributed by atoms with E-state index in [0.29, 0.717) is 12.8 Å². The number of rotatable bonds is 1. The molecule has 1 rings (SSSR count). The highest BCUT2D eigenvalue weighted by molar-refractivity contribution is 5.94. The fourth-order valence-corrected chi connectivity index (χ4v) is 2.12. The van der Waals surface area contributed by atoms with Gasteiger partial charge in [0.25, 0.3) is 0 Å². The van der Waals surface area contributed by atoms with Crippen LogP contribution in [0.4, 0.5) is 0 Å². The molecule has 1 unspecified atom stereocenters. The largest absolute Gasteiger partial charge is 0.469 e. The number of esters is 1. The van der Waals surface area contributed by atoms with E-state index in [2.05, 4.69) is 4.74 Å². The summed E-state index contributed by atoms with van der Waals surface area (Å²) in [5.74, 6) is -0.119. The molecule has 0 amide bonds. The minimum absolute atomic E-state index is 0.153. The van der Waals surface area contributed by atoms with Gasteiger partial charge in [-0.15, -0.1) is 0 Å². The minimum atomic E-state index is -0.602.